The Morgan fingerprint density at radius 3 is 2.83 bits per heavy atom. The Hall–Kier alpha value is -2.83. The van der Waals surface area contributed by atoms with E-state index in [4.69, 9.17) is 9.47 Å². The minimum atomic E-state index is -0.452. The summed E-state index contributed by atoms with van der Waals surface area (Å²) in [7, 11) is 2.98. The van der Waals surface area contributed by atoms with E-state index in [-0.39, 0.29) is 0 Å². The summed E-state index contributed by atoms with van der Waals surface area (Å²) in [6.07, 6.45) is 2.10. The smallest absolute Gasteiger partial charge is 0.338 e. The molecule has 0 saturated heterocycles. The van der Waals surface area contributed by atoms with E-state index < -0.39 is 12.0 Å². The summed E-state index contributed by atoms with van der Waals surface area (Å²) in [4.78, 5) is 16.6. The number of methoxy groups -OCH3 is 2. The predicted molar refractivity (Wildman–Crippen MR) is 84.1 cm³/mol. The zero-order valence-electron chi connectivity index (χ0n) is 13.2. The van der Waals surface area contributed by atoms with Crippen LogP contribution in [0.3, 0.4) is 0 Å². The first kappa shape index (κ1) is 15.1. The van der Waals surface area contributed by atoms with Crippen molar-refractivity contribution in [3.63, 3.8) is 0 Å². The third kappa shape index (κ3) is 2.44. The number of ether oxygens (including phenoxy) is 2. The first-order chi connectivity index (χ1) is 11.2. The molecule has 0 fully saturated rings. The van der Waals surface area contributed by atoms with Gasteiger partial charge in [0.25, 0.3) is 0 Å². The van der Waals surface area contributed by atoms with E-state index >= 15 is 0 Å². The van der Waals surface area contributed by atoms with Gasteiger partial charge >= 0.3 is 5.97 Å². The lowest BCUT2D eigenvalue weighted by molar-refractivity contribution is -0.136. The van der Waals surface area contributed by atoms with E-state index in [0.717, 1.165) is 11.3 Å². The van der Waals surface area contributed by atoms with Crippen LogP contribution in [-0.4, -0.2) is 35.0 Å². The topological polar surface area (TPSA) is 78.3 Å². The lowest BCUT2D eigenvalue weighted by Crippen LogP contribution is -2.30. The van der Waals surface area contributed by atoms with Crippen molar-refractivity contribution in [3.05, 3.63) is 47.4 Å². The molecule has 0 saturated carbocycles. The molecule has 1 atom stereocenters. The second-order valence-corrected chi connectivity index (χ2v) is 5.04. The van der Waals surface area contributed by atoms with Crippen LogP contribution in [0.15, 0.2) is 41.9 Å². The van der Waals surface area contributed by atoms with Crippen LogP contribution in [-0.2, 0) is 9.53 Å². The van der Waals surface area contributed by atoms with Crippen LogP contribution in [0.25, 0.3) is 0 Å². The molecular formula is C16H18N4O3. The van der Waals surface area contributed by atoms with E-state index in [9.17, 15) is 4.79 Å². The van der Waals surface area contributed by atoms with Gasteiger partial charge in [-0.3, -0.25) is 0 Å². The number of hydrogen-bond donors (Lipinski definition) is 1. The van der Waals surface area contributed by atoms with Crippen molar-refractivity contribution in [1.82, 2.24) is 14.8 Å². The van der Waals surface area contributed by atoms with Gasteiger partial charge in [0.1, 0.15) is 18.1 Å². The van der Waals surface area contributed by atoms with Gasteiger partial charge in [0, 0.05) is 11.3 Å². The fraction of sp³-hybridized carbons (Fsp3) is 0.312. The van der Waals surface area contributed by atoms with Crippen LogP contribution in [0.2, 0.25) is 0 Å². The van der Waals surface area contributed by atoms with Crippen molar-refractivity contribution < 1.29 is 14.3 Å². The number of esters is 1. The van der Waals surface area contributed by atoms with Gasteiger partial charge < -0.3 is 14.8 Å². The van der Waals surface area contributed by atoms with Gasteiger partial charge in [-0.1, -0.05) is 25.1 Å². The van der Waals surface area contributed by atoms with Crippen LogP contribution in [0, 0.1) is 0 Å². The highest BCUT2D eigenvalue weighted by Gasteiger charge is 2.36. The number of carbonyl (C=O) groups is 1. The molecule has 120 valence electrons. The fourth-order valence-corrected chi connectivity index (χ4v) is 2.82. The molecule has 1 aromatic heterocycles. The number of aromatic nitrogens is 3. The summed E-state index contributed by atoms with van der Waals surface area (Å²) in [5.41, 5.74) is 2.11. The Morgan fingerprint density at radius 2 is 2.13 bits per heavy atom. The van der Waals surface area contributed by atoms with Gasteiger partial charge in [0.15, 0.2) is 0 Å². The molecule has 3 rings (SSSR count). The summed E-state index contributed by atoms with van der Waals surface area (Å²) in [6.45, 7) is 1.97. The predicted octanol–water partition coefficient (Wildman–Crippen LogP) is 2.14. The highest BCUT2D eigenvalue weighted by molar-refractivity contribution is 5.92. The summed E-state index contributed by atoms with van der Waals surface area (Å²) < 4.78 is 12.1. The maximum atomic E-state index is 12.4. The van der Waals surface area contributed by atoms with E-state index in [0.29, 0.717) is 23.7 Å². The SMILES string of the molecule is CCC1=C(C(=O)OC)C(c2ccccc2OC)n2ncnc2N1. The summed E-state index contributed by atoms with van der Waals surface area (Å²) >= 11 is 0. The molecular weight excluding hydrogens is 296 g/mol. The molecule has 2 heterocycles. The van der Waals surface area contributed by atoms with Gasteiger partial charge in [-0.2, -0.15) is 10.1 Å². The number of benzene rings is 1. The standard InChI is InChI=1S/C16H18N4O3/c1-4-11-13(15(21)23-3)14(20-16(19-11)17-9-18-20)10-7-5-6-8-12(10)22-2/h5-9,14H,4H2,1-3H3,(H,17,18,19). The zero-order chi connectivity index (χ0) is 16.4. The molecule has 1 aliphatic heterocycles. The largest absolute Gasteiger partial charge is 0.496 e. The Labute approximate surface area is 133 Å². The molecule has 1 unspecified atom stereocenters. The molecule has 0 amide bonds. The highest BCUT2D eigenvalue weighted by Crippen LogP contribution is 2.39. The second kappa shape index (κ2) is 6.12. The van der Waals surface area contributed by atoms with Gasteiger partial charge in [-0.25, -0.2) is 9.48 Å². The Balaban J connectivity index is 2.25. The van der Waals surface area contributed by atoms with Crippen LogP contribution < -0.4 is 10.1 Å². The monoisotopic (exact) mass is 314 g/mol. The number of allylic oxidation sites excluding steroid dienone is 1. The minimum Gasteiger partial charge on any atom is -0.496 e. The van der Waals surface area contributed by atoms with Crippen molar-refractivity contribution in [2.45, 2.75) is 19.4 Å². The van der Waals surface area contributed by atoms with E-state index in [1.165, 1.54) is 13.4 Å². The van der Waals surface area contributed by atoms with Crippen LogP contribution in [0.4, 0.5) is 5.95 Å². The van der Waals surface area contributed by atoms with Crippen molar-refractivity contribution in [2.24, 2.45) is 0 Å². The molecule has 0 aliphatic carbocycles. The maximum Gasteiger partial charge on any atom is 0.338 e. The summed E-state index contributed by atoms with van der Waals surface area (Å²) in [5.74, 6) is 0.870. The van der Waals surface area contributed by atoms with Gasteiger partial charge in [0.05, 0.1) is 19.8 Å². The molecule has 1 aromatic carbocycles. The molecule has 1 aliphatic rings. The number of fused-ring (bicyclic) bond motifs is 1. The second-order valence-electron chi connectivity index (χ2n) is 5.04. The minimum absolute atomic E-state index is 0.397. The van der Waals surface area contributed by atoms with Crippen molar-refractivity contribution in [1.29, 1.82) is 0 Å². The number of nitrogens with zero attached hydrogens (tertiary/aromatic N) is 3. The maximum absolute atomic E-state index is 12.4. The van der Waals surface area contributed by atoms with Crippen molar-refractivity contribution in [2.75, 3.05) is 19.5 Å². The number of anilines is 1. The Morgan fingerprint density at radius 1 is 1.35 bits per heavy atom. The Bertz CT molecular complexity index is 766. The number of nitrogens with one attached hydrogen (secondary N) is 1. The van der Waals surface area contributed by atoms with E-state index in [2.05, 4.69) is 15.4 Å². The number of carbonyl (C=O) groups excluding carboxylic acids is 1. The van der Waals surface area contributed by atoms with E-state index in [1.54, 1.807) is 11.8 Å². The number of para-hydroxylation sites is 1. The molecule has 7 nitrogen and oxygen atoms in total. The fourth-order valence-electron chi connectivity index (χ4n) is 2.82. The Kier molecular flexibility index (Phi) is 4.01. The molecule has 2 aromatic rings. The molecule has 0 radical (unpaired) electrons. The molecule has 7 heteroatoms. The average molecular weight is 314 g/mol. The van der Waals surface area contributed by atoms with Crippen molar-refractivity contribution in [3.8, 4) is 5.75 Å². The third-order valence-electron chi connectivity index (χ3n) is 3.87. The van der Waals surface area contributed by atoms with Crippen LogP contribution in [0.5, 0.6) is 5.75 Å². The molecule has 23 heavy (non-hydrogen) atoms. The number of hydrogen-bond acceptors (Lipinski definition) is 6. The normalized spacial score (nSPS) is 16.6. The molecule has 0 spiro atoms. The highest BCUT2D eigenvalue weighted by atomic mass is 16.5. The first-order valence-electron chi connectivity index (χ1n) is 7.32. The number of rotatable bonds is 4. The average Bonchev–Trinajstić information content (AvgIpc) is 3.07. The summed E-state index contributed by atoms with van der Waals surface area (Å²) in [5, 5.41) is 7.43. The van der Waals surface area contributed by atoms with Gasteiger partial charge in [-0.15, -0.1) is 0 Å². The lowest BCUT2D eigenvalue weighted by Gasteiger charge is -2.29. The molecule has 0 bridgehead atoms. The van der Waals surface area contributed by atoms with Crippen LogP contribution in [0.1, 0.15) is 24.9 Å². The van der Waals surface area contributed by atoms with Gasteiger partial charge in [-0.05, 0) is 12.5 Å². The van der Waals surface area contributed by atoms with E-state index in [1.807, 2.05) is 31.2 Å². The van der Waals surface area contributed by atoms with Gasteiger partial charge in [0.2, 0.25) is 5.95 Å². The molecule has 1 N–H and O–H groups in total. The lowest BCUT2D eigenvalue weighted by atomic mass is 9.94. The zero-order valence-corrected chi connectivity index (χ0v) is 13.2. The quantitative estimate of drug-likeness (QED) is 0.871. The van der Waals surface area contributed by atoms with Crippen molar-refractivity contribution >= 4 is 11.9 Å². The first-order valence-corrected chi connectivity index (χ1v) is 7.32. The summed E-state index contributed by atoms with van der Waals surface area (Å²) in [6, 6.07) is 7.10. The third-order valence-corrected chi connectivity index (χ3v) is 3.87. The van der Waals surface area contributed by atoms with Crippen LogP contribution >= 0.6 is 0 Å².